The minimum atomic E-state index is -4.91. The molecule has 0 radical (unpaired) electrons. The van der Waals surface area contributed by atoms with Gasteiger partial charge in [0.2, 0.25) is 6.79 Å². The number of anilines is 3. The molecule has 0 bridgehead atoms. The van der Waals surface area contributed by atoms with Crippen molar-refractivity contribution in [3.05, 3.63) is 58.8 Å². The minimum absolute atomic E-state index is 0.0288. The number of phenols is 1. The molecule has 3 aromatic heterocycles. The van der Waals surface area contributed by atoms with Gasteiger partial charge in [0.25, 0.3) is 0 Å². The third-order valence-electron chi connectivity index (χ3n) is 10.1. The van der Waals surface area contributed by atoms with Crippen molar-refractivity contribution in [1.29, 1.82) is 0 Å². The van der Waals surface area contributed by atoms with Gasteiger partial charge in [0, 0.05) is 41.2 Å². The first kappa shape index (κ1) is 38.5. The molecule has 55 heavy (non-hydrogen) atoms. The van der Waals surface area contributed by atoms with Crippen LogP contribution in [0.2, 0.25) is 0 Å². The Morgan fingerprint density at radius 2 is 1.98 bits per heavy atom. The van der Waals surface area contributed by atoms with Crippen LogP contribution in [0.15, 0.2) is 30.5 Å². The number of nitrogens with two attached hydrogens (primary N) is 1. The summed E-state index contributed by atoms with van der Waals surface area (Å²) in [5.41, 5.74) is 6.30. The molecule has 20 heteroatoms. The number of carbonyl (C=O) groups is 1. The van der Waals surface area contributed by atoms with Crippen molar-refractivity contribution in [2.24, 2.45) is 0 Å². The van der Waals surface area contributed by atoms with Crippen molar-refractivity contribution in [1.82, 2.24) is 19.9 Å². The van der Waals surface area contributed by atoms with Crippen LogP contribution in [-0.4, -0.2) is 79.0 Å². The topological polar surface area (TPSA) is 215 Å². The fraction of sp³-hybridized carbons (Fsp3) is 0.371. The maximum absolute atomic E-state index is 17.3. The molecule has 2 aliphatic heterocycles. The summed E-state index contributed by atoms with van der Waals surface area (Å²) in [5, 5.41) is 17.7. The number of alkyl halides is 1. The number of amides is 1. The number of aryl methyl sites for hydroxylation is 1. The number of phosphoric acid groups is 1. The van der Waals surface area contributed by atoms with Gasteiger partial charge in [-0.25, -0.2) is 32.0 Å². The van der Waals surface area contributed by atoms with E-state index in [0.717, 1.165) is 30.4 Å². The van der Waals surface area contributed by atoms with Gasteiger partial charge in [-0.05, 0) is 63.4 Å². The number of halogens is 3. The number of phenolic OH excluding ortho intramolecular Hbond substituents is 1. The number of hydrogen-bond acceptors (Lipinski definition) is 13. The average molecular weight is 804 g/mol. The number of phosphoric ester groups is 1. The van der Waals surface area contributed by atoms with E-state index >= 15 is 8.78 Å². The predicted octanol–water partition coefficient (Wildman–Crippen LogP) is 6.83. The monoisotopic (exact) mass is 803 g/mol. The van der Waals surface area contributed by atoms with Crippen LogP contribution in [0.4, 0.5) is 34.6 Å². The summed E-state index contributed by atoms with van der Waals surface area (Å²) in [7, 11) is -4.91. The SMILES string of the molecule is Cc1c(-c2ccc(F)c3sc(NC(=O)OCOP(=O)(O)O)c(C)c23)c(F)c2nc(OC[C@@]34CCCN3C[C@H](F)C4)nc(NC(C)c3cccnc3N)c2c1O. The lowest BCUT2D eigenvalue weighted by molar-refractivity contribution is 0.0470. The number of nitrogens with one attached hydrogen (secondary N) is 2. The van der Waals surface area contributed by atoms with Crippen molar-refractivity contribution < 1.29 is 51.4 Å². The van der Waals surface area contributed by atoms with E-state index in [1.165, 1.54) is 19.2 Å². The molecule has 2 aromatic carbocycles. The zero-order valence-electron chi connectivity index (χ0n) is 29.7. The Hall–Kier alpha value is -4.78. The van der Waals surface area contributed by atoms with Gasteiger partial charge in [-0.1, -0.05) is 12.1 Å². The van der Waals surface area contributed by atoms with E-state index in [1.54, 1.807) is 26.0 Å². The molecular weight excluding hydrogens is 766 g/mol. The van der Waals surface area contributed by atoms with Gasteiger partial charge in [0.15, 0.2) is 5.82 Å². The third-order valence-corrected chi connectivity index (χ3v) is 11.8. The van der Waals surface area contributed by atoms with Crippen LogP contribution in [0.5, 0.6) is 11.8 Å². The molecule has 15 nitrogen and oxygen atoms in total. The summed E-state index contributed by atoms with van der Waals surface area (Å²) in [6, 6.07) is 5.17. The predicted molar refractivity (Wildman–Crippen MR) is 199 cm³/mol. The fourth-order valence-electron chi connectivity index (χ4n) is 7.55. The molecule has 5 aromatic rings. The number of aromatic hydroxyl groups is 1. The van der Waals surface area contributed by atoms with Crippen molar-refractivity contribution in [3.63, 3.8) is 0 Å². The Bertz CT molecular complexity index is 2380. The smallest absolute Gasteiger partial charge is 0.472 e. The lowest BCUT2D eigenvalue weighted by Gasteiger charge is -2.31. The molecule has 1 unspecified atom stereocenters. The van der Waals surface area contributed by atoms with Gasteiger partial charge in [-0.15, -0.1) is 11.3 Å². The molecule has 7 N–H and O–H groups in total. The summed E-state index contributed by atoms with van der Waals surface area (Å²) in [6.45, 7) is 4.83. The van der Waals surface area contributed by atoms with E-state index in [1.807, 2.05) is 0 Å². The van der Waals surface area contributed by atoms with Crippen LogP contribution >= 0.6 is 19.2 Å². The van der Waals surface area contributed by atoms with E-state index < -0.39 is 50.1 Å². The first-order valence-corrected chi connectivity index (χ1v) is 19.5. The largest absolute Gasteiger partial charge is 0.507 e. The molecule has 292 valence electrons. The molecule has 7 rings (SSSR count). The van der Waals surface area contributed by atoms with Crippen LogP contribution in [0, 0.1) is 25.5 Å². The second-order valence-corrected chi connectivity index (χ2v) is 15.9. The highest BCUT2D eigenvalue weighted by Gasteiger charge is 2.49. The molecule has 0 spiro atoms. The molecule has 0 aliphatic carbocycles. The van der Waals surface area contributed by atoms with Crippen LogP contribution < -0.4 is 21.1 Å². The van der Waals surface area contributed by atoms with Crippen molar-refractivity contribution in [2.75, 3.05) is 42.9 Å². The van der Waals surface area contributed by atoms with E-state index in [-0.39, 0.29) is 79.1 Å². The second-order valence-electron chi connectivity index (χ2n) is 13.6. The van der Waals surface area contributed by atoms with Crippen LogP contribution in [-0.2, 0) is 13.8 Å². The van der Waals surface area contributed by atoms with Crippen molar-refractivity contribution in [3.8, 4) is 22.9 Å². The molecular formula is C35H37F3N7O8PS. The van der Waals surface area contributed by atoms with Crippen LogP contribution in [0.3, 0.4) is 0 Å². The Labute approximate surface area is 315 Å². The molecule has 2 aliphatic rings. The van der Waals surface area contributed by atoms with Gasteiger partial charge in [0.05, 0.1) is 21.7 Å². The number of rotatable bonds is 11. The number of pyridine rings is 1. The normalized spacial score (nSPS) is 19.2. The highest BCUT2D eigenvalue weighted by molar-refractivity contribution is 7.46. The molecule has 2 saturated heterocycles. The summed E-state index contributed by atoms with van der Waals surface area (Å²) < 4.78 is 73.1. The maximum Gasteiger partial charge on any atom is 0.472 e. The van der Waals surface area contributed by atoms with Gasteiger partial charge >= 0.3 is 19.9 Å². The van der Waals surface area contributed by atoms with Gasteiger partial charge < -0.3 is 35.4 Å². The number of aromatic nitrogens is 3. The van der Waals surface area contributed by atoms with Crippen molar-refractivity contribution in [2.45, 2.75) is 57.8 Å². The number of thiophene rings is 1. The molecule has 2 fully saturated rings. The highest BCUT2D eigenvalue weighted by Crippen LogP contribution is 2.48. The summed E-state index contributed by atoms with van der Waals surface area (Å²) in [6.07, 6.45) is 1.23. The Morgan fingerprint density at radius 3 is 2.73 bits per heavy atom. The maximum atomic E-state index is 17.3. The number of nitrogens with zero attached hydrogens (tertiary/aromatic N) is 4. The highest BCUT2D eigenvalue weighted by atomic mass is 32.1. The number of ether oxygens (including phenoxy) is 2. The standard InChI is InChI=1S/C35H37F3N7O8PS/c1-16-23(21-7-8-22(37)29-24(21)17(2)32(55-29)44-34(47)52-15-53-54(48,49)50)26(38)27-25(28(16)46)31(41-18(3)20-6-4-10-40-30(20)39)43-33(42-27)51-14-35-9-5-11-45(35)13-19(36)12-35/h4,6-8,10,18-19,46H,5,9,11-15H2,1-3H3,(H2,39,40)(H,44,47)(H,41,42,43)(H2,48,49,50)/t18?,19-,35+/m1/s1. The average Bonchev–Trinajstić information content (AvgIpc) is 3.76. The van der Waals surface area contributed by atoms with E-state index in [0.29, 0.717) is 24.1 Å². The zero-order valence-corrected chi connectivity index (χ0v) is 31.4. The van der Waals surface area contributed by atoms with Crippen LogP contribution in [0.25, 0.3) is 32.1 Å². The molecule has 3 atom stereocenters. The second kappa shape index (κ2) is 14.7. The first-order chi connectivity index (χ1) is 26.1. The lowest BCUT2D eigenvalue weighted by Crippen LogP contribution is -2.43. The minimum Gasteiger partial charge on any atom is -0.507 e. The Balaban J connectivity index is 1.33. The zero-order chi connectivity index (χ0) is 39.4. The van der Waals surface area contributed by atoms with Gasteiger partial charge in [0.1, 0.15) is 46.5 Å². The van der Waals surface area contributed by atoms with Crippen molar-refractivity contribution >= 4 is 62.9 Å². The fourth-order valence-corrected chi connectivity index (χ4v) is 8.87. The van der Waals surface area contributed by atoms with Gasteiger partial charge in [-0.2, -0.15) is 9.97 Å². The quantitative estimate of drug-likeness (QED) is 0.0597. The Kier molecular flexibility index (Phi) is 10.3. The number of hydrogen-bond donors (Lipinski definition) is 6. The molecule has 5 heterocycles. The Morgan fingerprint density at radius 1 is 1.20 bits per heavy atom. The first-order valence-electron chi connectivity index (χ1n) is 17.1. The number of carbonyl (C=O) groups excluding carboxylic acids is 1. The van der Waals surface area contributed by atoms with E-state index in [2.05, 4.69) is 39.7 Å². The number of nitrogen functional groups attached to an aromatic ring is 1. The molecule has 0 saturated carbocycles. The van der Waals surface area contributed by atoms with E-state index in [4.69, 9.17) is 20.3 Å². The number of fused-ring (bicyclic) bond motifs is 3. The summed E-state index contributed by atoms with van der Waals surface area (Å²) >= 11 is 0.815. The van der Waals surface area contributed by atoms with E-state index in [9.17, 15) is 18.9 Å². The number of benzene rings is 2. The summed E-state index contributed by atoms with van der Waals surface area (Å²) in [5.74, 6) is -1.67. The third kappa shape index (κ3) is 7.35. The van der Waals surface area contributed by atoms with Gasteiger partial charge in [-0.3, -0.25) is 10.2 Å². The lowest BCUT2D eigenvalue weighted by atomic mass is 9.92. The molecule has 1 amide bonds. The van der Waals surface area contributed by atoms with Crippen LogP contribution in [0.1, 0.15) is 48.9 Å². The summed E-state index contributed by atoms with van der Waals surface area (Å²) in [4.78, 5) is 45.3.